The van der Waals surface area contributed by atoms with Gasteiger partial charge in [-0.25, -0.2) is 0 Å². The number of carbonyl (C=O) groups is 1. The molecule has 1 heterocycles. The molecule has 0 radical (unpaired) electrons. The molecule has 1 aromatic rings. The molecule has 0 saturated carbocycles. The number of benzene rings is 1. The third-order valence-corrected chi connectivity index (χ3v) is 3.83. The van der Waals surface area contributed by atoms with Gasteiger partial charge in [-0.15, -0.1) is 0 Å². The predicted molar refractivity (Wildman–Crippen MR) is 77.7 cm³/mol. The molecule has 1 aliphatic heterocycles. The van der Waals surface area contributed by atoms with Crippen LogP contribution in [0.1, 0.15) is 24.0 Å². The van der Waals surface area contributed by atoms with Crippen LogP contribution in [0.15, 0.2) is 18.2 Å². The van der Waals surface area contributed by atoms with E-state index in [-0.39, 0.29) is 11.9 Å². The van der Waals surface area contributed by atoms with Gasteiger partial charge < -0.3 is 9.47 Å². The van der Waals surface area contributed by atoms with Crippen molar-refractivity contribution in [3.8, 4) is 11.8 Å². The quantitative estimate of drug-likeness (QED) is 0.792. The molecule has 1 saturated heterocycles. The lowest BCUT2D eigenvalue weighted by molar-refractivity contribution is -0.147. The highest BCUT2D eigenvalue weighted by Crippen LogP contribution is 2.23. The molecule has 5 heteroatoms. The molecule has 1 atom stereocenters. The van der Waals surface area contributed by atoms with E-state index in [1.807, 2.05) is 18.2 Å². The maximum atomic E-state index is 11.6. The van der Waals surface area contributed by atoms with E-state index in [0.29, 0.717) is 17.9 Å². The number of nitriles is 1. The van der Waals surface area contributed by atoms with Crippen LogP contribution in [0, 0.1) is 17.2 Å². The van der Waals surface area contributed by atoms with E-state index >= 15 is 0 Å². The largest absolute Gasteiger partial charge is 0.495 e. The summed E-state index contributed by atoms with van der Waals surface area (Å²) in [7, 11) is 2.99. The third-order valence-electron chi connectivity index (χ3n) is 3.83. The predicted octanol–water partition coefficient (Wildman–Crippen LogP) is 1.95. The number of esters is 1. The first-order valence-corrected chi connectivity index (χ1v) is 7.05. The van der Waals surface area contributed by atoms with Gasteiger partial charge in [0.25, 0.3) is 0 Å². The molecule has 5 nitrogen and oxygen atoms in total. The first-order valence-electron chi connectivity index (χ1n) is 7.05. The number of ether oxygens (including phenoxy) is 2. The molecule has 0 spiro atoms. The lowest BCUT2D eigenvalue weighted by atomic mass is 9.97. The first-order chi connectivity index (χ1) is 10.2. The SMILES string of the molecule is COC(=O)[C@H]1CCCN(Cc2ccc(OC)c(C#N)c2)C1. The topological polar surface area (TPSA) is 62.6 Å². The lowest BCUT2D eigenvalue weighted by Gasteiger charge is -2.31. The molecule has 0 aliphatic carbocycles. The van der Waals surface area contributed by atoms with E-state index in [1.165, 1.54) is 7.11 Å². The first kappa shape index (κ1) is 15.3. The maximum absolute atomic E-state index is 11.6. The highest BCUT2D eigenvalue weighted by Gasteiger charge is 2.26. The summed E-state index contributed by atoms with van der Waals surface area (Å²) in [5.74, 6) is 0.414. The Labute approximate surface area is 125 Å². The molecular weight excluding hydrogens is 268 g/mol. The number of rotatable bonds is 4. The van der Waals surface area contributed by atoms with E-state index in [0.717, 1.165) is 31.5 Å². The van der Waals surface area contributed by atoms with E-state index in [4.69, 9.17) is 14.7 Å². The van der Waals surface area contributed by atoms with Gasteiger partial charge in [0.2, 0.25) is 0 Å². The molecule has 112 valence electrons. The van der Waals surface area contributed by atoms with Crippen LogP contribution in [0.3, 0.4) is 0 Å². The Morgan fingerprint density at radius 1 is 1.48 bits per heavy atom. The summed E-state index contributed by atoms with van der Waals surface area (Å²) in [4.78, 5) is 13.9. The van der Waals surface area contributed by atoms with Gasteiger partial charge in [-0.2, -0.15) is 5.26 Å². The van der Waals surface area contributed by atoms with Crippen molar-refractivity contribution in [2.75, 3.05) is 27.3 Å². The number of nitrogens with zero attached hydrogens (tertiary/aromatic N) is 2. The fourth-order valence-corrected chi connectivity index (χ4v) is 2.76. The van der Waals surface area contributed by atoms with Crippen molar-refractivity contribution in [1.29, 1.82) is 5.26 Å². The van der Waals surface area contributed by atoms with Crippen molar-refractivity contribution < 1.29 is 14.3 Å². The molecule has 2 rings (SSSR count). The van der Waals surface area contributed by atoms with Crippen LogP contribution in [0.2, 0.25) is 0 Å². The smallest absolute Gasteiger partial charge is 0.309 e. The minimum atomic E-state index is -0.132. The number of piperidine rings is 1. The monoisotopic (exact) mass is 288 g/mol. The average Bonchev–Trinajstić information content (AvgIpc) is 2.54. The minimum absolute atomic E-state index is 0.0440. The van der Waals surface area contributed by atoms with Gasteiger partial charge in [-0.05, 0) is 37.1 Å². The molecular formula is C16H20N2O3. The second-order valence-electron chi connectivity index (χ2n) is 5.24. The number of likely N-dealkylation sites (tertiary alicyclic amines) is 1. The standard InChI is InChI=1S/C16H20N2O3/c1-20-15-6-5-12(8-14(15)9-17)10-18-7-3-4-13(11-18)16(19)21-2/h5-6,8,13H,3-4,7,10-11H2,1-2H3/t13-/m0/s1. The highest BCUT2D eigenvalue weighted by molar-refractivity contribution is 5.72. The third kappa shape index (κ3) is 3.73. The fourth-order valence-electron chi connectivity index (χ4n) is 2.76. The van der Waals surface area contributed by atoms with Crippen molar-refractivity contribution in [3.63, 3.8) is 0 Å². The van der Waals surface area contributed by atoms with Gasteiger partial charge in [0.1, 0.15) is 11.8 Å². The zero-order valence-electron chi connectivity index (χ0n) is 12.5. The van der Waals surface area contributed by atoms with Crippen LogP contribution in [0.4, 0.5) is 0 Å². The van der Waals surface area contributed by atoms with E-state index in [9.17, 15) is 4.79 Å². The van der Waals surface area contributed by atoms with Gasteiger partial charge in [0.05, 0.1) is 25.7 Å². The summed E-state index contributed by atoms with van der Waals surface area (Å²) in [6.45, 7) is 2.40. The lowest BCUT2D eigenvalue weighted by Crippen LogP contribution is -2.38. The van der Waals surface area contributed by atoms with Gasteiger partial charge >= 0.3 is 5.97 Å². The summed E-state index contributed by atoms with van der Waals surface area (Å²) < 4.78 is 9.98. The number of hydrogen-bond acceptors (Lipinski definition) is 5. The molecule has 0 aromatic heterocycles. The van der Waals surface area contributed by atoms with E-state index < -0.39 is 0 Å². The van der Waals surface area contributed by atoms with E-state index in [2.05, 4.69) is 11.0 Å². The highest BCUT2D eigenvalue weighted by atomic mass is 16.5. The zero-order chi connectivity index (χ0) is 15.2. The summed E-state index contributed by atoms with van der Waals surface area (Å²) in [6, 6.07) is 7.77. The number of hydrogen-bond donors (Lipinski definition) is 0. The molecule has 0 unspecified atom stereocenters. The Kier molecular flexibility index (Phi) is 5.18. The Bertz CT molecular complexity index is 551. The fraction of sp³-hybridized carbons (Fsp3) is 0.500. The Morgan fingerprint density at radius 3 is 2.95 bits per heavy atom. The van der Waals surface area contributed by atoms with Crippen LogP contribution in [-0.2, 0) is 16.1 Å². The summed E-state index contributed by atoms with van der Waals surface area (Å²) in [5.41, 5.74) is 1.59. The van der Waals surface area contributed by atoms with Crippen LogP contribution >= 0.6 is 0 Å². The molecule has 1 aliphatic rings. The Balaban J connectivity index is 2.04. The summed E-state index contributed by atoms with van der Waals surface area (Å²) in [6.07, 6.45) is 1.87. The van der Waals surface area contributed by atoms with Crippen molar-refractivity contribution in [3.05, 3.63) is 29.3 Å². The molecule has 0 bridgehead atoms. The molecule has 0 N–H and O–H groups in total. The Hall–Kier alpha value is -2.06. The Morgan fingerprint density at radius 2 is 2.29 bits per heavy atom. The van der Waals surface area contributed by atoms with Crippen LogP contribution in [-0.4, -0.2) is 38.2 Å². The van der Waals surface area contributed by atoms with Crippen molar-refractivity contribution in [2.45, 2.75) is 19.4 Å². The van der Waals surface area contributed by atoms with Gasteiger partial charge in [-0.1, -0.05) is 6.07 Å². The second kappa shape index (κ2) is 7.09. The van der Waals surface area contributed by atoms with Crippen LogP contribution in [0.25, 0.3) is 0 Å². The summed E-state index contributed by atoms with van der Waals surface area (Å²) >= 11 is 0. The minimum Gasteiger partial charge on any atom is -0.495 e. The molecule has 21 heavy (non-hydrogen) atoms. The average molecular weight is 288 g/mol. The molecule has 0 amide bonds. The number of carbonyl (C=O) groups excluding carboxylic acids is 1. The van der Waals surface area contributed by atoms with Crippen LogP contribution in [0.5, 0.6) is 5.75 Å². The van der Waals surface area contributed by atoms with Gasteiger partial charge in [-0.3, -0.25) is 9.69 Å². The van der Waals surface area contributed by atoms with Crippen molar-refractivity contribution >= 4 is 5.97 Å². The van der Waals surface area contributed by atoms with E-state index in [1.54, 1.807) is 7.11 Å². The van der Waals surface area contributed by atoms with Crippen LogP contribution < -0.4 is 4.74 Å². The van der Waals surface area contributed by atoms with Crippen molar-refractivity contribution in [1.82, 2.24) is 4.90 Å². The molecule has 1 aromatic carbocycles. The second-order valence-corrected chi connectivity index (χ2v) is 5.24. The summed E-state index contributed by atoms with van der Waals surface area (Å²) in [5, 5.41) is 9.12. The normalized spacial score (nSPS) is 18.8. The molecule has 1 fully saturated rings. The van der Waals surface area contributed by atoms with Crippen molar-refractivity contribution in [2.24, 2.45) is 5.92 Å². The van der Waals surface area contributed by atoms with Gasteiger partial charge in [0.15, 0.2) is 0 Å². The number of methoxy groups -OCH3 is 2. The zero-order valence-corrected chi connectivity index (χ0v) is 12.5. The van der Waals surface area contributed by atoms with Gasteiger partial charge in [0, 0.05) is 13.1 Å². The maximum Gasteiger partial charge on any atom is 0.309 e.